The Morgan fingerprint density at radius 1 is 1.35 bits per heavy atom. The summed E-state index contributed by atoms with van der Waals surface area (Å²) in [4.78, 5) is 16.2. The van der Waals surface area contributed by atoms with E-state index in [1.165, 1.54) is 15.3 Å². The van der Waals surface area contributed by atoms with E-state index in [1.807, 2.05) is 18.7 Å². The monoisotopic (exact) mass is 254 g/mol. The van der Waals surface area contributed by atoms with Crippen molar-refractivity contribution in [3.8, 4) is 0 Å². The number of nitrogens with one attached hydrogen (secondary N) is 1. The van der Waals surface area contributed by atoms with Crippen LogP contribution in [0.5, 0.6) is 0 Å². The van der Waals surface area contributed by atoms with Gasteiger partial charge in [-0.25, -0.2) is 0 Å². The molecule has 4 heteroatoms. The minimum atomic E-state index is 0.181. The minimum absolute atomic E-state index is 0.181. The van der Waals surface area contributed by atoms with Crippen LogP contribution in [-0.2, 0) is 11.3 Å². The lowest BCUT2D eigenvalue weighted by molar-refractivity contribution is -0.129. The van der Waals surface area contributed by atoms with E-state index in [9.17, 15) is 4.79 Å². The van der Waals surface area contributed by atoms with Crippen molar-refractivity contribution < 1.29 is 4.79 Å². The van der Waals surface area contributed by atoms with Crippen LogP contribution in [-0.4, -0.2) is 30.4 Å². The molecule has 1 N–H and O–H groups in total. The molecule has 3 nitrogen and oxygen atoms in total. The van der Waals surface area contributed by atoms with Crippen LogP contribution in [0.1, 0.15) is 29.2 Å². The molecule has 0 bridgehead atoms. The van der Waals surface area contributed by atoms with Crippen molar-refractivity contribution in [2.24, 2.45) is 0 Å². The fraction of sp³-hybridized carbons (Fsp3) is 0.615. The highest BCUT2D eigenvalue weighted by molar-refractivity contribution is 7.12. The highest BCUT2D eigenvalue weighted by atomic mass is 32.1. The average molecular weight is 254 g/mol. The first-order valence-corrected chi connectivity index (χ1v) is 6.94. The molecule has 96 valence electrons. The Kier molecular flexibility index (Phi) is 5.65. The third-order valence-electron chi connectivity index (χ3n) is 2.91. The molecule has 0 aromatic carbocycles. The van der Waals surface area contributed by atoms with Crippen LogP contribution in [0, 0.1) is 13.8 Å². The predicted octanol–water partition coefficient (Wildman–Crippen LogP) is 2.32. The van der Waals surface area contributed by atoms with Crippen molar-refractivity contribution in [1.29, 1.82) is 0 Å². The maximum absolute atomic E-state index is 11.7. The normalized spacial score (nSPS) is 10.6. The van der Waals surface area contributed by atoms with Crippen molar-refractivity contribution in [3.63, 3.8) is 0 Å². The second-order valence-electron chi connectivity index (χ2n) is 4.12. The second kappa shape index (κ2) is 6.77. The first-order valence-electron chi connectivity index (χ1n) is 6.12. The molecule has 0 unspecified atom stereocenters. The summed E-state index contributed by atoms with van der Waals surface area (Å²) in [6.07, 6.45) is 0. The molecule has 0 spiro atoms. The zero-order chi connectivity index (χ0) is 12.8. The molecular weight excluding hydrogens is 232 g/mol. The van der Waals surface area contributed by atoms with Crippen LogP contribution < -0.4 is 5.32 Å². The maximum atomic E-state index is 11.7. The zero-order valence-corrected chi connectivity index (χ0v) is 12.0. The summed E-state index contributed by atoms with van der Waals surface area (Å²) < 4.78 is 0. The van der Waals surface area contributed by atoms with Gasteiger partial charge in [-0.3, -0.25) is 4.79 Å². The Labute approximate surface area is 108 Å². The molecule has 1 aromatic rings. The van der Waals surface area contributed by atoms with Gasteiger partial charge >= 0.3 is 0 Å². The molecule has 0 fully saturated rings. The number of carbonyl (C=O) groups excluding carboxylic acids is 1. The van der Waals surface area contributed by atoms with E-state index in [4.69, 9.17) is 0 Å². The van der Waals surface area contributed by atoms with E-state index in [0.29, 0.717) is 6.54 Å². The minimum Gasteiger partial charge on any atom is -0.342 e. The lowest BCUT2D eigenvalue weighted by Crippen LogP contribution is -2.37. The molecule has 17 heavy (non-hydrogen) atoms. The number of carbonyl (C=O) groups is 1. The van der Waals surface area contributed by atoms with Gasteiger partial charge in [0.1, 0.15) is 0 Å². The molecule has 1 amide bonds. The van der Waals surface area contributed by atoms with Gasteiger partial charge in [0.2, 0.25) is 5.91 Å². The molecule has 0 saturated heterocycles. The van der Waals surface area contributed by atoms with E-state index in [-0.39, 0.29) is 5.91 Å². The Morgan fingerprint density at radius 2 is 2.00 bits per heavy atom. The summed E-state index contributed by atoms with van der Waals surface area (Å²) >= 11 is 1.80. The van der Waals surface area contributed by atoms with Crippen molar-refractivity contribution >= 4 is 17.2 Å². The quantitative estimate of drug-likeness (QED) is 0.845. The number of rotatable bonds is 6. The van der Waals surface area contributed by atoms with Crippen LogP contribution in [0.25, 0.3) is 0 Å². The third-order valence-corrected chi connectivity index (χ3v) is 4.06. The summed E-state index contributed by atoms with van der Waals surface area (Å²) in [7, 11) is 0. The van der Waals surface area contributed by atoms with Crippen LogP contribution in [0.4, 0.5) is 0 Å². The lowest BCUT2D eigenvalue weighted by atomic mass is 10.3. The van der Waals surface area contributed by atoms with Gasteiger partial charge in [-0.1, -0.05) is 0 Å². The third kappa shape index (κ3) is 4.13. The molecule has 1 rings (SSSR count). The van der Waals surface area contributed by atoms with Crippen molar-refractivity contribution in [2.75, 3.05) is 19.6 Å². The largest absolute Gasteiger partial charge is 0.342 e. The molecule has 1 aromatic heterocycles. The van der Waals surface area contributed by atoms with Crippen LogP contribution in [0.2, 0.25) is 0 Å². The second-order valence-corrected chi connectivity index (χ2v) is 5.46. The summed E-state index contributed by atoms with van der Waals surface area (Å²) in [5.41, 5.74) is 1.34. The molecule has 1 heterocycles. The number of hydrogen-bond acceptors (Lipinski definition) is 3. The molecule has 0 aliphatic heterocycles. The number of hydrogen-bond donors (Lipinski definition) is 1. The van der Waals surface area contributed by atoms with E-state index in [2.05, 4.69) is 25.2 Å². The zero-order valence-electron chi connectivity index (χ0n) is 11.2. The van der Waals surface area contributed by atoms with Crippen LogP contribution >= 0.6 is 11.3 Å². The van der Waals surface area contributed by atoms with Gasteiger partial charge in [-0.15, -0.1) is 11.3 Å². The topological polar surface area (TPSA) is 32.3 Å². The Hall–Kier alpha value is -0.870. The molecular formula is C13H22N2OS. The summed E-state index contributed by atoms with van der Waals surface area (Å²) in [5.74, 6) is 0.181. The van der Waals surface area contributed by atoms with Gasteiger partial charge in [0.05, 0.1) is 6.54 Å². The smallest absolute Gasteiger partial charge is 0.236 e. The van der Waals surface area contributed by atoms with E-state index in [1.54, 1.807) is 11.3 Å². The van der Waals surface area contributed by atoms with Gasteiger partial charge in [-0.05, 0) is 39.3 Å². The van der Waals surface area contributed by atoms with Crippen molar-refractivity contribution in [1.82, 2.24) is 10.2 Å². The number of likely N-dealkylation sites (N-methyl/N-ethyl adjacent to an activating group) is 1. The first kappa shape index (κ1) is 14.2. The number of nitrogens with zero attached hydrogens (tertiary/aromatic N) is 1. The standard InChI is InChI=1S/C13H22N2OS/c1-5-15(6-2)13(16)9-14-8-12-7-10(3)11(4)17-12/h7,14H,5-6,8-9H2,1-4H3. The average Bonchev–Trinajstić information content (AvgIpc) is 2.60. The maximum Gasteiger partial charge on any atom is 0.236 e. The molecule has 0 saturated carbocycles. The fourth-order valence-corrected chi connectivity index (χ4v) is 2.74. The number of thiophene rings is 1. The predicted molar refractivity (Wildman–Crippen MR) is 73.4 cm³/mol. The highest BCUT2D eigenvalue weighted by Crippen LogP contribution is 2.20. The molecule has 0 radical (unpaired) electrons. The molecule has 0 atom stereocenters. The van der Waals surface area contributed by atoms with Gasteiger partial charge in [-0.2, -0.15) is 0 Å². The fourth-order valence-electron chi connectivity index (χ4n) is 1.72. The Balaban J connectivity index is 2.35. The van der Waals surface area contributed by atoms with Gasteiger partial charge in [0, 0.05) is 29.4 Å². The van der Waals surface area contributed by atoms with Crippen molar-refractivity contribution in [3.05, 3.63) is 21.4 Å². The summed E-state index contributed by atoms with van der Waals surface area (Å²) in [6, 6.07) is 2.19. The summed E-state index contributed by atoms with van der Waals surface area (Å²) in [6.45, 7) is 11.0. The van der Waals surface area contributed by atoms with Crippen LogP contribution in [0.3, 0.4) is 0 Å². The van der Waals surface area contributed by atoms with E-state index in [0.717, 1.165) is 19.6 Å². The highest BCUT2D eigenvalue weighted by Gasteiger charge is 2.08. The Morgan fingerprint density at radius 3 is 2.47 bits per heavy atom. The van der Waals surface area contributed by atoms with Gasteiger partial charge in [0.25, 0.3) is 0 Å². The number of aryl methyl sites for hydroxylation is 2. The van der Waals surface area contributed by atoms with Crippen LogP contribution in [0.15, 0.2) is 6.07 Å². The SMILES string of the molecule is CCN(CC)C(=O)CNCc1cc(C)c(C)s1. The number of amides is 1. The van der Waals surface area contributed by atoms with Gasteiger partial charge in [0.15, 0.2) is 0 Å². The van der Waals surface area contributed by atoms with E-state index < -0.39 is 0 Å². The first-order chi connectivity index (χ1) is 8.08. The van der Waals surface area contributed by atoms with Crippen molar-refractivity contribution in [2.45, 2.75) is 34.2 Å². The van der Waals surface area contributed by atoms with Gasteiger partial charge < -0.3 is 10.2 Å². The summed E-state index contributed by atoms with van der Waals surface area (Å²) in [5, 5.41) is 3.21. The lowest BCUT2D eigenvalue weighted by Gasteiger charge is -2.18. The Bertz CT molecular complexity index is 350. The molecule has 0 aliphatic carbocycles. The molecule has 0 aliphatic rings. The van der Waals surface area contributed by atoms with E-state index >= 15 is 0 Å².